The van der Waals surface area contributed by atoms with Crippen molar-refractivity contribution in [3.05, 3.63) is 35.6 Å². The van der Waals surface area contributed by atoms with Gasteiger partial charge in [0, 0.05) is 13.1 Å². The Bertz CT molecular complexity index is 727. The van der Waals surface area contributed by atoms with Crippen LogP contribution in [-0.4, -0.2) is 38.0 Å². The van der Waals surface area contributed by atoms with Crippen LogP contribution in [0.4, 0.5) is 4.39 Å². The van der Waals surface area contributed by atoms with Crippen molar-refractivity contribution >= 4 is 15.9 Å². The second-order valence-corrected chi connectivity index (χ2v) is 9.23. The largest absolute Gasteiger partial charge is 0.346 e. The van der Waals surface area contributed by atoms with Crippen LogP contribution in [0.2, 0.25) is 0 Å². The zero-order chi connectivity index (χ0) is 18.1. The quantitative estimate of drug-likeness (QED) is 0.887. The Labute approximate surface area is 148 Å². The molecule has 1 amide bonds. The Balaban J connectivity index is 1.76. The topological polar surface area (TPSA) is 66.5 Å². The molecule has 0 spiro atoms. The molecule has 1 saturated carbocycles. The molecular formula is C18H25FN2O3S. The molecule has 0 bridgehead atoms. The minimum absolute atomic E-state index is 0.0976. The van der Waals surface area contributed by atoms with Crippen LogP contribution in [0.3, 0.4) is 0 Å². The third-order valence-corrected chi connectivity index (χ3v) is 6.71. The van der Waals surface area contributed by atoms with Gasteiger partial charge in [-0.3, -0.25) is 4.79 Å². The van der Waals surface area contributed by atoms with Gasteiger partial charge in [0.2, 0.25) is 15.9 Å². The average molecular weight is 368 g/mol. The predicted octanol–water partition coefficient (Wildman–Crippen LogP) is 2.38. The van der Waals surface area contributed by atoms with Crippen molar-refractivity contribution in [1.82, 2.24) is 9.62 Å². The van der Waals surface area contributed by atoms with Crippen molar-refractivity contribution in [3.8, 4) is 0 Å². The maximum atomic E-state index is 13.3. The summed E-state index contributed by atoms with van der Waals surface area (Å²) >= 11 is 0. The molecule has 2 fully saturated rings. The zero-order valence-corrected chi connectivity index (χ0v) is 15.3. The van der Waals surface area contributed by atoms with Crippen molar-refractivity contribution in [2.24, 2.45) is 5.92 Å². The molecule has 25 heavy (non-hydrogen) atoms. The molecule has 0 radical (unpaired) electrons. The molecule has 1 atom stereocenters. The Morgan fingerprint density at radius 1 is 1.20 bits per heavy atom. The smallest absolute Gasteiger partial charge is 0.225 e. The number of sulfonamides is 1. The Hall–Kier alpha value is -1.47. The third kappa shape index (κ3) is 4.03. The molecule has 1 aliphatic heterocycles. The molecule has 138 valence electrons. The second kappa shape index (κ2) is 7.03. The van der Waals surface area contributed by atoms with Gasteiger partial charge in [-0.25, -0.2) is 17.1 Å². The van der Waals surface area contributed by atoms with E-state index >= 15 is 0 Å². The van der Waals surface area contributed by atoms with Crippen molar-refractivity contribution in [1.29, 1.82) is 0 Å². The summed E-state index contributed by atoms with van der Waals surface area (Å²) in [4.78, 5) is 12.9. The van der Waals surface area contributed by atoms with E-state index in [-0.39, 0.29) is 24.2 Å². The summed E-state index contributed by atoms with van der Waals surface area (Å²) in [6.45, 7) is 0.718. The number of halogens is 1. The van der Waals surface area contributed by atoms with Gasteiger partial charge in [0.05, 0.1) is 17.7 Å². The van der Waals surface area contributed by atoms with E-state index in [0.29, 0.717) is 19.4 Å². The second-order valence-electron chi connectivity index (χ2n) is 7.25. The van der Waals surface area contributed by atoms with Gasteiger partial charge in [0.25, 0.3) is 0 Å². The zero-order valence-electron chi connectivity index (χ0n) is 14.5. The number of nitrogens with zero attached hydrogens (tertiary/aromatic N) is 1. The van der Waals surface area contributed by atoms with E-state index < -0.39 is 15.6 Å². The predicted molar refractivity (Wildman–Crippen MR) is 93.8 cm³/mol. The van der Waals surface area contributed by atoms with Crippen molar-refractivity contribution in [2.75, 3.05) is 19.3 Å². The maximum Gasteiger partial charge on any atom is 0.225 e. The molecule has 2 aliphatic rings. The monoisotopic (exact) mass is 368 g/mol. The normalized spacial score (nSPS) is 24.2. The van der Waals surface area contributed by atoms with E-state index in [1.165, 1.54) is 22.7 Å². The standard InChI is InChI=1S/C18H25FN2O3S/c1-25(23,24)21-12-4-5-14(13-21)17(22)20-18(10-2-3-11-18)15-6-8-16(19)9-7-15/h6-9,14H,2-5,10-13H2,1H3,(H,20,22). The molecule has 3 rings (SSSR count). The van der Waals surface area contributed by atoms with Gasteiger partial charge in [-0.15, -0.1) is 0 Å². The van der Waals surface area contributed by atoms with Crippen LogP contribution < -0.4 is 5.32 Å². The summed E-state index contributed by atoms with van der Waals surface area (Å²) in [6, 6.07) is 6.33. The van der Waals surface area contributed by atoms with Crippen molar-refractivity contribution < 1.29 is 17.6 Å². The highest BCUT2D eigenvalue weighted by Gasteiger charge is 2.39. The first-order valence-electron chi connectivity index (χ1n) is 8.83. The first-order chi connectivity index (χ1) is 11.8. The van der Waals surface area contributed by atoms with E-state index in [4.69, 9.17) is 0 Å². The molecule has 1 aromatic rings. The van der Waals surface area contributed by atoms with E-state index in [9.17, 15) is 17.6 Å². The van der Waals surface area contributed by atoms with Gasteiger partial charge < -0.3 is 5.32 Å². The summed E-state index contributed by atoms with van der Waals surface area (Å²) in [5.41, 5.74) is 0.466. The summed E-state index contributed by atoms with van der Waals surface area (Å²) in [5, 5.41) is 3.19. The Kier molecular flexibility index (Phi) is 5.16. The van der Waals surface area contributed by atoms with Gasteiger partial charge in [-0.05, 0) is 43.4 Å². The molecule has 5 nitrogen and oxygen atoms in total. The van der Waals surface area contributed by atoms with Crippen LogP contribution in [0, 0.1) is 11.7 Å². The Morgan fingerprint density at radius 2 is 1.84 bits per heavy atom. The number of carbonyl (C=O) groups excluding carboxylic acids is 1. The molecular weight excluding hydrogens is 343 g/mol. The number of rotatable bonds is 4. The Morgan fingerprint density at radius 3 is 2.44 bits per heavy atom. The third-order valence-electron chi connectivity index (χ3n) is 5.44. The lowest BCUT2D eigenvalue weighted by Crippen LogP contribution is -2.50. The lowest BCUT2D eigenvalue weighted by atomic mass is 9.86. The lowest BCUT2D eigenvalue weighted by molar-refractivity contribution is -0.128. The van der Waals surface area contributed by atoms with Crippen LogP contribution in [0.5, 0.6) is 0 Å². The molecule has 0 aromatic heterocycles. The average Bonchev–Trinajstić information content (AvgIpc) is 3.04. The number of hydrogen-bond donors (Lipinski definition) is 1. The van der Waals surface area contributed by atoms with E-state index in [1.54, 1.807) is 12.1 Å². The summed E-state index contributed by atoms with van der Waals surface area (Å²) in [5.74, 6) is -0.722. The number of piperidine rings is 1. The van der Waals surface area contributed by atoms with Gasteiger partial charge in [0.1, 0.15) is 5.82 Å². The maximum absolute atomic E-state index is 13.3. The van der Waals surface area contributed by atoms with E-state index in [2.05, 4.69) is 5.32 Å². The van der Waals surface area contributed by atoms with E-state index in [0.717, 1.165) is 31.2 Å². The number of hydrogen-bond acceptors (Lipinski definition) is 3. The fraction of sp³-hybridized carbons (Fsp3) is 0.611. The van der Waals surface area contributed by atoms with Crippen LogP contribution in [0.1, 0.15) is 44.1 Å². The first-order valence-corrected chi connectivity index (χ1v) is 10.7. The molecule has 7 heteroatoms. The van der Waals surface area contributed by atoms with Gasteiger partial charge in [-0.2, -0.15) is 0 Å². The molecule has 1 aromatic carbocycles. The molecule has 1 N–H and O–H groups in total. The number of amides is 1. The van der Waals surface area contributed by atoms with Crippen LogP contribution in [0.15, 0.2) is 24.3 Å². The van der Waals surface area contributed by atoms with Crippen LogP contribution in [-0.2, 0) is 20.4 Å². The fourth-order valence-corrected chi connectivity index (χ4v) is 4.94. The minimum atomic E-state index is -3.28. The number of carbonyl (C=O) groups is 1. The highest BCUT2D eigenvalue weighted by Crippen LogP contribution is 2.39. The molecule has 1 aliphatic carbocycles. The lowest BCUT2D eigenvalue weighted by Gasteiger charge is -2.35. The van der Waals surface area contributed by atoms with Crippen LogP contribution in [0.25, 0.3) is 0 Å². The number of nitrogens with one attached hydrogen (secondary N) is 1. The molecule has 1 unspecified atom stereocenters. The minimum Gasteiger partial charge on any atom is -0.346 e. The highest BCUT2D eigenvalue weighted by molar-refractivity contribution is 7.88. The molecule has 1 saturated heterocycles. The van der Waals surface area contributed by atoms with Crippen LogP contribution >= 0.6 is 0 Å². The van der Waals surface area contributed by atoms with Gasteiger partial charge in [-0.1, -0.05) is 25.0 Å². The van der Waals surface area contributed by atoms with Crippen molar-refractivity contribution in [2.45, 2.75) is 44.1 Å². The summed E-state index contributed by atoms with van der Waals surface area (Å²) in [6.07, 6.45) is 6.24. The van der Waals surface area contributed by atoms with E-state index in [1.807, 2.05) is 0 Å². The fourth-order valence-electron chi connectivity index (χ4n) is 4.03. The van der Waals surface area contributed by atoms with Gasteiger partial charge >= 0.3 is 0 Å². The SMILES string of the molecule is CS(=O)(=O)N1CCCC(C(=O)NC2(c3ccc(F)cc3)CCCC2)C1. The summed E-state index contributed by atoms with van der Waals surface area (Å²) in [7, 11) is -3.28. The van der Waals surface area contributed by atoms with Crippen molar-refractivity contribution in [3.63, 3.8) is 0 Å². The summed E-state index contributed by atoms with van der Waals surface area (Å²) < 4.78 is 38.2. The number of benzene rings is 1. The van der Waals surface area contributed by atoms with Gasteiger partial charge in [0.15, 0.2) is 0 Å². The first kappa shape index (κ1) is 18.3. The highest BCUT2D eigenvalue weighted by atomic mass is 32.2. The molecule has 1 heterocycles.